The van der Waals surface area contributed by atoms with Crippen LogP contribution in [0.5, 0.6) is 0 Å². The van der Waals surface area contributed by atoms with Gasteiger partial charge < -0.3 is 16.0 Å². The first-order valence-electron chi connectivity index (χ1n) is 12.5. The lowest BCUT2D eigenvalue weighted by molar-refractivity contribution is 0.0927. The van der Waals surface area contributed by atoms with Crippen LogP contribution in [0.4, 0.5) is 5.69 Å². The number of amides is 3. The van der Waals surface area contributed by atoms with Crippen molar-refractivity contribution < 1.29 is 22.8 Å². The van der Waals surface area contributed by atoms with Gasteiger partial charge >= 0.3 is 0 Å². The second-order valence-electron chi connectivity index (χ2n) is 8.90. The van der Waals surface area contributed by atoms with Crippen molar-refractivity contribution in [1.82, 2.24) is 14.9 Å². The number of benzene rings is 3. The number of piperidine rings is 1. The van der Waals surface area contributed by atoms with Crippen LogP contribution >= 0.6 is 0 Å². The van der Waals surface area contributed by atoms with E-state index in [1.54, 1.807) is 48.5 Å². The first kappa shape index (κ1) is 27.0. The highest BCUT2D eigenvalue weighted by atomic mass is 32.2. The molecule has 0 atom stereocenters. The van der Waals surface area contributed by atoms with Crippen LogP contribution in [0.15, 0.2) is 83.8 Å². The summed E-state index contributed by atoms with van der Waals surface area (Å²) < 4.78 is 27.1. The molecule has 38 heavy (non-hydrogen) atoms. The maximum absolute atomic E-state index is 12.8. The zero-order chi connectivity index (χ0) is 27.0. The average Bonchev–Trinajstić information content (AvgIpc) is 2.96. The summed E-state index contributed by atoms with van der Waals surface area (Å²) in [6, 6.07) is 21.1. The lowest BCUT2D eigenvalue weighted by Gasteiger charge is -2.25. The lowest BCUT2D eigenvalue weighted by atomic mass is 10.1. The van der Waals surface area contributed by atoms with E-state index in [1.807, 2.05) is 6.07 Å². The zero-order valence-corrected chi connectivity index (χ0v) is 21.7. The molecule has 10 heteroatoms. The van der Waals surface area contributed by atoms with E-state index in [-0.39, 0.29) is 29.8 Å². The van der Waals surface area contributed by atoms with Gasteiger partial charge in [0.05, 0.1) is 4.90 Å². The molecular formula is C28H30N4O5S. The lowest BCUT2D eigenvalue weighted by Crippen LogP contribution is -2.35. The molecule has 3 N–H and O–H groups in total. The zero-order valence-electron chi connectivity index (χ0n) is 20.9. The summed E-state index contributed by atoms with van der Waals surface area (Å²) in [7, 11) is -3.56. The van der Waals surface area contributed by atoms with Crippen LogP contribution in [0.2, 0.25) is 0 Å². The fraction of sp³-hybridized carbons (Fsp3) is 0.250. The van der Waals surface area contributed by atoms with Gasteiger partial charge in [-0.2, -0.15) is 4.31 Å². The molecule has 198 valence electrons. The minimum atomic E-state index is -3.56. The number of carbonyl (C=O) groups is 3. The number of nitrogens with one attached hydrogen (secondary N) is 3. The Morgan fingerprint density at radius 2 is 1.13 bits per heavy atom. The predicted octanol–water partition coefficient (Wildman–Crippen LogP) is 3.27. The molecule has 1 aliphatic rings. The molecule has 0 aliphatic carbocycles. The summed E-state index contributed by atoms with van der Waals surface area (Å²) in [6.07, 6.45) is 2.74. The molecule has 4 rings (SSSR count). The molecule has 1 saturated heterocycles. The normalized spacial score (nSPS) is 13.9. The highest BCUT2D eigenvalue weighted by Gasteiger charge is 2.26. The standard InChI is InChI=1S/C28H30N4O5S/c33-26(21-7-3-1-4-8-21)29-17-18-30-27(34)22-9-13-24(14-10-22)31-28(35)23-11-15-25(16-12-23)38(36,37)32-19-5-2-6-20-32/h1,3-4,7-16H,2,5-6,17-20H2,(H,29,33)(H,30,34)(H,31,35). The number of sulfonamides is 1. The van der Waals surface area contributed by atoms with E-state index >= 15 is 0 Å². The van der Waals surface area contributed by atoms with E-state index in [0.29, 0.717) is 35.5 Å². The molecule has 3 amide bonds. The Balaban J connectivity index is 1.25. The van der Waals surface area contributed by atoms with E-state index in [0.717, 1.165) is 19.3 Å². The van der Waals surface area contributed by atoms with Crippen molar-refractivity contribution >= 4 is 33.4 Å². The molecule has 1 fully saturated rings. The Kier molecular flexibility index (Phi) is 8.88. The first-order chi connectivity index (χ1) is 18.3. The summed E-state index contributed by atoms with van der Waals surface area (Å²) in [5, 5.41) is 8.23. The van der Waals surface area contributed by atoms with Gasteiger partial charge in [-0.15, -0.1) is 0 Å². The number of rotatable bonds is 9. The topological polar surface area (TPSA) is 125 Å². The molecule has 3 aromatic rings. The molecule has 1 aliphatic heterocycles. The Morgan fingerprint density at radius 3 is 1.71 bits per heavy atom. The van der Waals surface area contributed by atoms with Crippen LogP contribution in [-0.4, -0.2) is 56.6 Å². The summed E-state index contributed by atoms with van der Waals surface area (Å²) in [4.78, 5) is 37.2. The van der Waals surface area contributed by atoms with Gasteiger partial charge in [0, 0.05) is 48.6 Å². The summed E-state index contributed by atoms with van der Waals surface area (Å²) >= 11 is 0. The highest BCUT2D eigenvalue weighted by Crippen LogP contribution is 2.21. The minimum absolute atomic E-state index is 0.172. The van der Waals surface area contributed by atoms with Crippen LogP contribution in [0.1, 0.15) is 50.3 Å². The largest absolute Gasteiger partial charge is 0.350 e. The molecule has 3 aromatic carbocycles. The van der Waals surface area contributed by atoms with Gasteiger partial charge in [-0.25, -0.2) is 8.42 Å². The average molecular weight is 535 g/mol. The Labute approximate surface area is 222 Å². The van der Waals surface area contributed by atoms with Crippen LogP contribution in [0.25, 0.3) is 0 Å². The van der Waals surface area contributed by atoms with Crippen molar-refractivity contribution in [2.45, 2.75) is 24.2 Å². The number of nitrogens with zero attached hydrogens (tertiary/aromatic N) is 1. The molecule has 0 unspecified atom stereocenters. The van der Waals surface area contributed by atoms with Crippen LogP contribution in [-0.2, 0) is 10.0 Å². The minimum Gasteiger partial charge on any atom is -0.350 e. The molecule has 0 bridgehead atoms. The van der Waals surface area contributed by atoms with Gasteiger partial charge in [-0.1, -0.05) is 24.6 Å². The third kappa shape index (κ3) is 6.84. The quantitative estimate of drug-likeness (QED) is 0.364. The number of anilines is 1. The predicted molar refractivity (Wildman–Crippen MR) is 145 cm³/mol. The first-order valence-corrected chi connectivity index (χ1v) is 13.9. The van der Waals surface area contributed by atoms with Gasteiger partial charge in [0.15, 0.2) is 0 Å². The molecule has 1 heterocycles. The molecule has 0 saturated carbocycles. The second kappa shape index (κ2) is 12.5. The smallest absolute Gasteiger partial charge is 0.255 e. The van der Waals surface area contributed by atoms with Gasteiger partial charge in [0.1, 0.15) is 0 Å². The summed E-state index contributed by atoms with van der Waals surface area (Å²) in [6.45, 7) is 1.58. The van der Waals surface area contributed by atoms with Gasteiger partial charge in [-0.05, 0) is 73.5 Å². The van der Waals surface area contributed by atoms with Crippen LogP contribution in [0, 0.1) is 0 Å². The van der Waals surface area contributed by atoms with Crippen molar-refractivity contribution in [3.05, 3.63) is 95.6 Å². The Hall–Kier alpha value is -4.02. The van der Waals surface area contributed by atoms with Crippen LogP contribution in [0.3, 0.4) is 0 Å². The highest BCUT2D eigenvalue weighted by molar-refractivity contribution is 7.89. The number of hydrogen-bond acceptors (Lipinski definition) is 5. The summed E-state index contributed by atoms with van der Waals surface area (Å²) in [5.41, 5.74) is 1.77. The van der Waals surface area contributed by atoms with Gasteiger partial charge in [-0.3, -0.25) is 14.4 Å². The van der Waals surface area contributed by atoms with E-state index < -0.39 is 15.9 Å². The molecule has 0 radical (unpaired) electrons. The van der Waals surface area contributed by atoms with Gasteiger partial charge in [0.25, 0.3) is 17.7 Å². The van der Waals surface area contributed by atoms with Crippen molar-refractivity contribution in [3.63, 3.8) is 0 Å². The molecule has 0 aromatic heterocycles. The molecule has 0 spiro atoms. The third-order valence-corrected chi connectivity index (χ3v) is 8.12. The fourth-order valence-corrected chi connectivity index (χ4v) is 5.60. The van der Waals surface area contributed by atoms with Gasteiger partial charge in [0.2, 0.25) is 10.0 Å². The van der Waals surface area contributed by atoms with E-state index in [2.05, 4.69) is 16.0 Å². The van der Waals surface area contributed by atoms with E-state index in [1.165, 1.54) is 28.6 Å². The Morgan fingerprint density at radius 1 is 0.632 bits per heavy atom. The Bertz CT molecular complexity index is 1370. The molecule has 9 nitrogen and oxygen atoms in total. The number of hydrogen-bond donors (Lipinski definition) is 3. The van der Waals surface area contributed by atoms with Crippen molar-refractivity contribution in [2.75, 3.05) is 31.5 Å². The maximum atomic E-state index is 12.8. The fourth-order valence-electron chi connectivity index (χ4n) is 4.09. The van der Waals surface area contributed by atoms with Crippen molar-refractivity contribution in [2.24, 2.45) is 0 Å². The van der Waals surface area contributed by atoms with E-state index in [9.17, 15) is 22.8 Å². The van der Waals surface area contributed by atoms with Crippen molar-refractivity contribution in [1.29, 1.82) is 0 Å². The second-order valence-corrected chi connectivity index (χ2v) is 10.8. The van der Waals surface area contributed by atoms with Crippen LogP contribution < -0.4 is 16.0 Å². The maximum Gasteiger partial charge on any atom is 0.255 e. The molecular weight excluding hydrogens is 504 g/mol. The monoisotopic (exact) mass is 534 g/mol. The van der Waals surface area contributed by atoms with E-state index in [4.69, 9.17) is 0 Å². The number of carbonyl (C=O) groups excluding carboxylic acids is 3. The van der Waals surface area contributed by atoms with Crippen molar-refractivity contribution in [3.8, 4) is 0 Å². The third-order valence-electron chi connectivity index (χ3n) is 6.21. The SMILES string of the molecule is O=C(NCCNC(=O)c1ccc(NC(=O)c2ccc(S(=O)(=O)N3CCCCC3)cc2)cc1)c1ccccc1. The summed E-state index contributed by atoms with van der Waals surface area (Å²) in [5.74, 6) is -0.904.